The number of ether oxygens (including phenoxy) is 2. The minimum absolute atomic E-state index is 0. The molecule has 148 valence electrons. The van der Waals surface area contributed by atoms with Crippen molar-refractivity contribution in [2.45, 2.75) is 25.8 Å². The van der Waals surface area contributed by atoms with Crippen LogP contribution >= 0.6 is 12.4 Å². The molecule has 1 aromatic heterocycles. The number of nitrogens with one attached hydrogen (secondary N) is 1. The van der Waals surface area contributed by atoms with Gasteiger partial charge in [0.25, 0.3) is 0 Å². The first-order valence-electron chi connectivity index (χ1n) is 8.65. The first kappa shape index (κ1) is 21.1. The second-order valence-electron chi connectivity index (χ2n) is 6.48. The number of methoxy groups -OCH3 is 1. The zero-order valence-corrected chi connectivity index (χ0v) is 16.3. The van der Waals surface area contributed by atoms with E-state index in [1.807, 2.05) is 31.2 Å². The molecule has 1 amide bonds. The summed E-state index contributed by atoms with van der Waals surface area (Å²) in [5.41, 5.74) is 6.06. The van der Waals surface area contributed by atoms with Crippen molar-refractivity contribution in [2.24, 2.45) is 11.1 Å². The first-order valence-corrected chi connectivity index (χ1v) is 8.65. The standard InChI is InChI=1S/C18H24N4O4.ClH/c1-12(20-17(23)18(11-19)6-8-25-9-7-18)16-21-15(22-26-16)13-4-3-5-14(10-13)24-2;/h3-5,10,12H,6-9,11,19H2,1-2H3,(H,20,23);1H. The predicted molar refractivity (Wildman–Crippen MR) is 102 cm³/mol. The Labute approximate surface area is 164 Å². The Kier molecular flexibility index (Phi) is 7.18. The van der Waals surface area contributed by atoms with Crippen LogP contribution in [0.2, 0.25) is 0 Å². The summed E-state index contributed by atoms with van der Waals surface area (Å²) >= 11 is 0. The lowest BCUT2D eigenvalue weighted by molar-refractivity contribution is -0.136. The third kappa shape index (κ3) is 4.58. The summed E-state index contributed by atoms with van der Waals surface area (Å²) in [6.45, 7) is 3.18. The Morgan fingerprint density at radius 1 is 1.41 bits per heavy atom. The van der Waals surface area contributed by atoms with Crippen molar-refractivity contribution in [3.8, 4) is 17.1 Å². The molecule has 27 heavy (non-hydrogen) atoms. The van der Waals surface area contributed by atoms with E-state index in [1.165, 1.54) is 0 Å². The van der Waals surface area contributed by atoms with E-state index in [2.05, 4.69) is 15.5 Å². The molecular formula is C18H25ClN4O4. The quantitative estimate of drug-likeness (QED) is 0.768. The van der Waals surface area contributed by atoms with Gasteiger partial charge < -0.3 is 25.0 Å². The minimum Gasteiger partial charge on any atom is -0.497 e. The molecule has 1 aliphatic rings. The van der Waals surface area contributed by atoms with Gasteiger partial charge in [0.05, 0.1) is 12.5 Å². The van der Waals surface area contributed by atoms with Crippen molar-refractivity contribution in [2.75, 3.05) is 26.9 Å². The van der Waals surface area contributed by atoms with Crippen LogP contribution < -0.4 is 15.8 Å². The lowest BCUT2D eigenvalue weighted by atomic mass is 9.79. The average molecular weight is 397 g/mol. The number of amides is 1. The molecule has 2 heterocycles. The van der Waals surface area contributed by atoms with Crippen LogP contribution in [0.5, 0.6) is 5.75 Å². The highest BCUT2D eigenvalue weighted by Crippen LogP contribution is 2.30. The van der Waals surface area contributed by atoms with Crippen LogP contribution in [0, 0.1) is 5.41 Å². The van der Waals surface area contributed by atoms with Crippen molar-refractivity contribution >= 4 is 18.3 Å². The number of carbonyl (C=O) groups excluding carboxylic acids is 1. The molecule has 0 radical (unpaired) electrons. The molecule has 3 rings (SSSR count). The van der Waals surface area contributed by atoms with Gasteiger partial charge in [-0.25, -0.2) is 0 Å². The Morgan fingerprint density at radius 3 is 2.81 bits per heavy atom. The van der Waals surface area contributed by atoms with E-state index in [0.29, 0.717) is 43.5 Å². The topological polar surface area (TPSA) is 113 Å². The molecule has 1 fully saturated rings. The molecule has 0 spiro atoms. The van der Waals surface area contributed by atoms with Crippen molar-refractivity contribution in [1.29, 1.82) is 0 Å². The summed E-state index contributed by atoms with van der Waals surface area (Å²) < 4.78 is 15.9. The van der Waals surface area contributed by atoms with Crippen LogP contribution in [-0.2, 0) is 9.53 Å². The maximum atomic E-state index is 12.7. The Hall–Kier alpha value is -2.16. The molecule has 3 N–H and O–H groups in total. The fourth-order valence-corrected chi connectivity index (χ4v) is 2.99. The second-order valence-corrected chi connectivity index (χ2v) is 6.48. The fourth-order valence-electron chi connectivity index (χ4n) is 2.99. The van der Waals surface area contributed by atoms with Crippen molar-refractivity contribution in [3.63, 3.8) is 0 Å². The number of carbonyl (C=O) groups is 1. The summed E-state index contributed by atoms with van der Waals surface area (Å²) in [4.78, 5) is 17.1. The van der Waals surface area contributed by atoms with Crippen LogP contribution in [-0.4, -0.2) is 42.9 Å². The maximum absolute atomic E-state index is 12.7. The van der Waals surface area contributed by atoms with Gasteiger partial charge in [0.2, 0.25) is 17.6 Å². The summed E-state index contributed by atoms with van der Waals surface area (Å²) in [7, 11) is 1.60. The van der Waals surface area contributed by atoms with E-state index in [0.717, 1.165) is 5.56 Å². The van der Waals surface area contributed by atoms with Gasteiger partial charge in [0.15, 0.2) is 0 Å². The highest BCUT2D eigenvalue weighted by molar-refractivity contribution is 5.85. The highest BCUT2D eigenvalue weighted by atomic mass is 35.5. The molecular weight excluding hydrogens is 372 g/mol. The summed E-state index contributed by atoms with van der Waals surface area (Å²) in [5.74, 6) is 1.39. The third-order valence-corrected chi connectivity index (χ3v) is 4.81. The Bertz CT molecular complexity index is 761. The number of hydrogen-bond donors (Lipinski definition) is 2. The molecule has 9 heteroatoms. The second kappa shape index (κ2) is 9.16. The summed E-state index contributed by atoms with van der Waals surface area (Å²) in [5, 5.41) is 6.95. The van der Waals surface area contributed by atoms with Crippen molar-refractivity contribution in [3.05, 3.63) is 30.2 Å². The molecule has 8 nitrogen and oxygen atoms in total. The van der Waals surface area contributed by atoms with E-state index in [-0.39, 0.29) is 24.9 Å². The van der Waals surface area contributed by atoms with E-state index in [4.69, 9.17) is 19.7 Å². The van der Waals surface area contributed by atoms with Gasteiger partial charge in [-0.3, -0.25) is 4.79 Å². The van der Waals surface area contributed by atoms with Crippen LogP contribution in [0.25, 0.3) is 11.4 Å². The zero-order valence-electron chi connectivity index (χ0n) is 15.4. The molecule has 2 aromatic rings. The smallest absolute Gasteiger partial charge is 0.249 e. The van der Waals surface area contributed by atoms with Crippen LogP contribution in [0.3, 0.4) is 0 Å². The number of nitrogens with zero attached hydrogens (tertiary/aromatic N) is 2. The van der Waals surface area contributed by atoms with Gasteiger partial charge in [-0.05, 0) is 31.9 Å². The SMILES string of the molecule is COc1cccc(-c2noc(C(C)NC(=O)C3(CN)CCOCC3)n2)c1.Cl. The summed E-state index contributed by atoms with van der Waals surface area (Å²) in [6, 6.07) is 6.97. The minimum atomic E-state index is -0.595. The van der Waals surface area contributed by atoms with E-state index >= 15 is 0 Å². The summed E-state index contributed by atoms with van der Waals surface area (Å²) in [6.07, 6.45) is 1.22. The van der Waals surface area contributed by atoms with E-state index in [1.54, 1.807) is 7.11 Å². The number of aromatic nitrogens is 2. The predicted octanol–water partition coefficient (Wildman–Crippen LogP) is 2.10. The van der Waals surface area contributed by atoms with Crippen LogP contribution in [0.1, 0.15) is 31.7 Å². The lowest BCUT2D eigenvalue weighted by Crippen LogP contribution is -2.49. The Morgan fingerprint density at radius 2 is 2.15 bits per heavy atom. The van der Waals surface area contributed by atoms with Gasteiger partial charge in [-0.1, -0.05) is 17.3 Å². The van der Waals surface area contributed by atoms with Gasteiger partial charge >= 0.3 is 0 Å². The Balaban J connectivity index is 0.00000261. The van der Waals surface area contributed by atoms with E-state index < -0.39 is 11.5 Å². The largest absolute Gasteiger partial charge is 0.497 e. The monoisotopic (exact) mass is 396 g/mol. The van der Waals surface area contributed by atoms with Crippen LogP contribution in [0.4, 0.5) is 0 Å². The van der Waals surface area contributed by atoms with Gasteiger partial charge in [0, 0.05) is 25.3 Å². The first-order chi connectivity index (χ1) is 12.6. The molecule has 0 bridgehead atoms. The average Bonchev–Trinajstić information content (AvgIpc) is 3.19. The molecule has 0 saturated carbocycles. The molecule has 1 aromatic carbocycles. The number of nitrogens with two attached hydrogens (primary N) is 1. The van der Waals surface area contributed by atoms with Crippen molar-refractivity contribution < 1.29 is 18.8 Å². The highest BCUT2D eigenvalue weighted by Gasteiger charge is 2.39. The third-order valence-electron chi connectivity index (χ3n) is 4.81. The molecule has 1 aliphatic heterocycles. The molecule has 1 saturated heterocycles. The van der Waals surface area contributed by atoms with Crippen LogP contribution in [0.15, 0.2) is 28.8 Å². The fraction of sp³-hybridized carbons (Fsp3) is 0.500. The van der Waals surface area contributed by atoms with E-state index in [9.17, 15) is 4.79 Å². The zero-order chi connectivity index (χ0) is 18.6. The number of halogens is 1. The molecule has 0 aliphatic carbocycles. The van der Waals surface area contributed by atoms with Gasteiger partial charge in [-0.2, -0.15) is 4.98 Å². The van der Waals surface area contributed by atoms with Gasteiger partial charge in [-0.15, -0.1) is 12.4 Å². The molecule has 1 atom stereocenters. The maximum Gasteiger partial charge on any atom is 0.249 e. The molecule has 1 unspecified atom stereocenters. The normalized spacial score (nSPS) is 16.9. The van der Waals surface area contributed by atoms with Crippen molar-refractivity contribution in [1.82, 2.24) is 15.5 Å². The van der Waals surface area contributed by atoms with Gasteiger partial charge in [0.1, 0.15) is 11.8 Å². The number of hydrogen-bond acceptors (Lipinski definition) is 7. The number of rotatable bonds is 6. The lowest BCUT2D eigenvalue weighted by Gasteiger charge is -2.35. The number of benzene rings is 1.